The summed E-state index contributed by atoms with van der Waals surface area (Å²) in [5, 5.41) is 3.32. The molecule has 2 heteroatoms. The Morgan fingerprint density at radius 1 is 1.29 bits per heavy atom. The summed E-state index contributed by atoms with van der Waals surface area (Å²) in [5.41, 5.74) is 8.80. The van der Waals surface area contributed by atoms with E-state index in [1.165, 1.54) is 11.1 Å². The van der Waals surface area contributed by atoms with Gasteiger partial charge >= 0.3 is 0 Å². The average Bonchev–Trinajstić information content (AvgIpc) is 2.20. The van der Waals surface area contributed by atoms with Gasteiger partial charge < -0.3 is 11.1 Å². The minimum atomic E-state index is 0.270. The molecule has 0 aromatic heterocycles. The Bertz CT molecular complexity index is 292. The van der Waals surface area contributed by atoms with E-state index in [1.54, 1.807) is 0 Å². The molecule has 1 aromatic rings. The summed E-state index contributed by atoms with van der Waals surface area (Å²) in [7, 11) is 0. The van der Waals surface area contributed by atoms with Gasteiger partial charge in [0, 0.05) is 18.5 Å². The molecule has 2 rings (SSSR count). The van der Waals surface area contributed by atoms with Crippen molar-refractivity contribution in [1.29, 1.82) is 0 Å². The van der Waals surface area contributed by atoms with Gasteiger partial charge in [-0.2, -0.15) is 0 Å². The van der Waals surface area contributed by atoms with E-state index >= 15 is 0 Å². The highest BCUT2D eigenvalue weighted by atomic mass is 14.9. The van der Waals surface area contributed by atoms with Gasteiger partial charge in [0.15, 0.2) is 0 Å². The number of nitrogens with one attached hydrogen (secondary N) is 1. The molecule has 2 nitrogen and oxygen atoms in total. The van der Waals surface area contributed by atoms with Gasteiger partial charge in [-0.15, -0.1) is 0 Å². The Morgan fingerprint density at radius 2 is 2.00 bits per heavy atom. The minimum Gasteiger partial charge on any atom is -0.326 e. The highest BCUT2D eigenvalue weighted by Crippen LogP contribution is 2.24. The van der Waals surface area contributed by atoms with Gasteiger partial charge in [0.2, 0.25) is 0 Å². The molecule has 2 unspecified atom stereocenters. The van der Waals surface area contributed by atoms with Crippen molar-refractivity contribution < 1.29 is 0 Å². The zero-order valence-electron chi connectivity index (χ0n) is 8.66. The van der Waals surface area contributed by atoms with Crippen molar-refractivity contribution in [3.63, 3.8) is 0 Å². The van der Waals surface area contributed by atoms with Crippen molar-refractivity contribution >= 4 is 0 Å². The summed E-state index contributed by atoms with van der Waals surface area (Å²) in [6.45, 7) is 4.15. The van der Waals surface area contributed by atoms with Crippen LogP contribution in [0.4, 0.5) is 0 Å². The lowest BCUT2D eigenvalue weighted by Gasteiger charge is -2.29. The number of rotatable bonds is 1. The summed E-state index contributed by atoms with van der Waals surface area (Å²) in [6, 6.07) is 9.04. The van der Waals surface area contributed by atoms with Crippen LogP contribution in [-0.4, -0.2) is 19.1 Å². The molecule has 0 aliphatic carbocycles. The Kier molecular flexibility index (Phi) is 2.85. The predicted molar refractivity (Wildman–Crippen MR) is 59.4 cm³/mol. The first-order valence-corrected chi connectivity index (χ1v) is 5.30. The highest BCUT2D eigenvalue weighted by Gasteiger charge is 2.22. The SMILES string of the molecule is Cc1ccc(C2CCNCC2N)cc1. The van der Waals surface area contributed by atoms with Crippen molar-refractivity contribution in [1.82, 2.24) is 5.32 Å². The van der Waals surface area contributed by atoms with E-state index < -0.39 is 0 Å². The highest BCUT2D eigenvalue weighted by molar-refractivity contribution is 5.26. The summed E-state index contributed by atoms with van der Waals surface area (Å²) in [5.74, 6) is 0.539. The number of hydrogen-bond donors (Lipinski definition) is 2. The van der Waals surface area contributed by atoms with Crippen LogP contribution in [0.3, 0.4) is 0 Å². The fourth-order valence-electron chi connectivity index (χ4n) is 2.11. The fraction of sp³-hybridized carbons (Fsp3) is 0.500. The zero-order valence-corrected chi connectivity index (χ0v) is 8.66. The quantitative estimate of drug-likeness (QED) is 0.702. The summed E-state index contributed by atoms with van der Waals surface area (Å²) in [4.78, 5) is 0. The molecule has 2 atom stereocenters. The van der Waals surface area contributed by atoms with Crippen LogP contribution in [0, 0.1) is 6.92 Å². The van der Waals surface area contributed by atoms with E-state index in [-0.39, 0.29) is 6.04 Å². The van der Waals surface area contributed by atoms with Crippen molar-refractivity contribution in [2.45, 2.75) is 25.3 Å². The molecule has 1 aliphatic heterocycles. The molecule has 0 amide bonds. The van der Waals surface area contributed by atoms with Crippen molar-refractivity contribution in [3.05, 3.63) is 35.4 Å². The van der Waals surface area contributed by atoms with Gasteiger partial charge in [-0.3, -0.25) is 0 Å². The molecule has 76 valence electrons. The van der Waals surface area contributed by atoms with Crippen LogP contribution >= 0.6 is 0 Å². The van der Waals surface area contributed by atoms with Gasteiger partial charge in [0.1, 0.15) is 0 Å². The van der Waals surface area contributed by atoms with Gasteiger partial charge in [0.25, 0.3) is 0 Å². The Balaban J connectivity index is 2.16. The summed E-state index contributed by atoms with van der Waals surface area (Å²) < 4.78 is 0. The molecule has 1 heterocycles. The van der Waals surface area contributed by atoms with Gasteiger partial charge in [-0.1, -0.05) is 29.8 Å². The Labute approximate surface area is 85.5 Å². The van der Waals surface area contributed by atoms with Gasteiger partial charge in [-0.05, 0) is 25.5 Å². The van der Waals surface area contributed by atoms with E-state index in [2.05, 4.69) is 36.5 Å². The molecule has 14 heavy (non-hydrogen) atoms. The second kappa shape index (κ2) is 4.11. The van der Waals surface area contributed by atoms with Gasteiger partial charge in [-0.25, -0.2) is 0 Å². The largest absolute Gasteiger partial charge is 0.326 e. The molecule has 0 saturated carbocycles. The Morgan fingerprint density at radius 3 is 2.64 bits per heavy atom. The number of benzene rings is 1. The molecule has 1 fully saturated rings. The van der Waals surface area contributed by atoms with E-state index in [9.17, 15) is 0 Å². The first-order valence-electron chi connectivity index (χ1n) is 5.30. The van der Waals surface area contributed by atoms with E-state index in [0.717, 1.165) is 19.5 Å². The third kappa shape index (κ3) is 1.97. The number of hydrogen-bond acceptors (Lipinski definition) is 2. The second-order valence-electron chi connectivity index (χ2n) is 4.17. The average molecular weight is 190 g/mol. The van der Waals surface area contributed by atoms with Crippen LogP contribution in [0.5, 0.6) is 0 Å². The van der Waals surface area contributed by atoms with Gasteiger partial charge in [0.05, 0.1) is 0 Å². The predicted octanol–water partition coefficient (Wildman–Crippen LogP) is 1.40. The molecule has 0 bridgehead atoms. The maximum atomic E-state index is 6.09. The second-order valence-corrected chi connectivity index (χ2v) is 4.17. The number of aryl methyl sites for hydroxylation is 1. The lowest BCUT2D eigenvalue weighted by molar-refractivity contribution is 0.403. The fourth-order valence-corrected chi connectivity index (χ4v) is 2.11. The first kappa shape index (κ1) is 9.69. The van der Waals surface area contributed by atoms with Crippen LogP contribution in [0.25, 0.3) is 0 Å². The number of piperidine rings is 1. The van der Waals surface area contributed by atoms with E-state index in [1.807, 2.05) is 0 Å². The Hall–Kier alpha value is -0.860. The smallest absolute Gasteiger partial charge is 0.0235 e. The lowest BCUT2D eigenvalue weighted by atomic mass is 9.86. The summed E-state index contributed by atoms with van der Waals surface area (Å²) >= 11 is 0. The normalized spacial score (nSPS) is 27.6. The molecular formula is C12H18N2. The number of nitrogens with two attached hydrogens (primary N) is 1. The standard InChI is InChI=1S/C12H18N2/c1-9-2-4-10(5-3-9)11-6-7-14-8-12(11)13/h2-5,11-12,14H,6-8,13H2,1H3. The van der Waals surface area contributed by atoms with Crippen LogP contribution in [0.2, 0.25) is 0 Å². The molecule has 0 radical (unpaired) electrons. The van der Waals surface area contributed by atoms with Crippen LogP contribution in [0.15, 0.2) is 24.3 Å². The topological polar surface area (TPSA) is 38.0 Å². The monoisotopic (exact) mass is 190 g/mol. The van der Waals surface area contributed by atoms with Crippen LogP contribution in [-0.2, 0) is 0 Å². The maximum Gasteiger partial charge on any atom is 0.0235 e. The molecule has 3 N–H and O–H groups in total. The zero-order chi connectivity index (χ0) is 9.97. The van der Waals surface area contributed by atoms with Crippen LogP contribution < -0.4 is 11.1 Å². The molecule has 0 spiro atoms. The minimum absolute atomic E-state index is 0.270. The first-order chi connectivity index (χ1) is 6.77. The molecule has 1 saturated heterocycles. The lowest BCUT2D eigenvalue weighted by Crippen LogP contribution is -2.44. The van der Waals surface area contributed by atoms with E-state index in [4.69, 9.17) is 5.73 Å². The maximum absolute atomic E-state index is 6.09. The van der Waals surface area contributed by atoms with Crippen molar-refractivity contribution in [3.8, 4) is 0 Å². The summed E-state index contributed by atoms with van der Waals surface area (Å²) in [6.07, 6.45) is 1.16. The molecule has 1 aromatic carbocycles. The van der Waals surface area contributed by atoms with E-state index in [0.29, 0.717) is 5.92 Å². The molecular weight excluding hydrogens is 172 g/mol. The molecule has 1 aliphatic rings. The van der Waals surface area contributed by atoms with Crippen molar-refractivity contribution in [2.24, 2.45) is 5.73 Å². The third-order valence-electron chi connectivity index (χ3n) is 3.03. The van der Waals surface area contributed by atoms with Crippen molar-refractivity contribution in [2.75, 3.05) is 13.1 Å². The van der Waals surface area contributed by atoms with Crippen LogP contribution in [0.1, 0.15) is 23.5 Å². The third-order valence-corrected chi connectivity index (χ3v) is 3.03.